The second kappa shape index (κ2) is 12.9. The number of nitrogens with zero attached hydrogens (tertiary/aromatic N) is 1. The number of amides is 1. The van der Waals surface area contributed by atoms with Gasteiger partial charge in [0.1, 0.15) is 30.4 Å². The van der Waals surface area contributed by atoms with Gasteiger partial charge in [-0.05, 0) is 48.1 Å². The maximum Gasteiger partial charge on any atom is 0.326 e. The fraction of sp³-hybridized carbons (Fsp3) is 0.444. The molecule has 2 aromatic carbocycles. The summed E-state index contributed by atoms with van der Waals surface area (Å²) in [5.41, 5.74) is 3.74. The monoisotopic (exact) mass is 498 g/mol. The summed E-state index contributed by atoms with van der Waals surface area (Å²) in [5, 5.41) is 16.3. The number of nitrogens with one attached hydrogen (secondary N) is 1. The fourth-order valence-corrected chi connectivity index (χ4v) is 4.30. The summed E-state index contributed by atoms with van der Waals surface area (Å²) in [5.74, 6) is -0.412. The summed E-state index contributed by atoms with van der Waals surface area (Å²) < 4.78 is 16.6. The van der Waals surface area contributed by atoms with E-state index in [1.165, 1.54) is 7.11 Å². The number of carbonyl (C=O) groups excluding carboxylic acids is 1. The molecule has 0 aliphatic carbocycles. The third kappa shape index (κ3) is 6.54. The summed E-state index contributed by atoms with van der Waals surface area (Å²) in [4.78, 5) is 29.8. The van der Waals surface area contributed by atoms with E-state index < -0.39 is 17.9 Å². The molecule has 2 aromatic rings. The van der Waals surface area contributed by atoms with Crippen LogP contribution in [0.2, 0.25) is 0 Å². The Bertz CT molecular complexity index is 1050. The van der Waals surface area contributed by atoms with Gasteiger partial charge in [-0.2, -0.15) is 0 Å². The Morgan fingerprint density at radius 3 is 2.17 bits per heavy atom. The molecule has 36 heavy (non-hydrogen) atoms. The number of carboxylic acid groups (broad SMARTS) is 1. The van der Waals surface area contributed by atoms with E-state index in [2.05, 4.69) is 17.4 Å². The van der Waals surface area contributed by atoms with Gasteiger partial charge in [-0.15, -0.1) is 0 Å². The smallest absolute Gasteiger partial charge is 0.326 e. The van der Waals surface area contributed by atoms with Gasteiger partial charge in [0.25, 0.3) is 5.91 Å². The molecule has 1 aliphatic heterocycles. The number of hydrogen-bond donors (Lipinski definition) is 2. The van der Waals surface area contributed by atoms with Crippen molar-refractivity contribution in [3.8, 4) is 22.6 Å². The molecule has 1 heterocycles. The Morgan fingerprint density at radius 2 is 1.67 bits per heavy atom. The van der Waals surface area contributed by atoms with Crippen LogP contribution in [0.15, 0.2) is 41.6 Å². The highest BCUT2D eigenvalue weighted by molar-refractivity contribution is 6.39. The Balaban J connectivity index is 1.78. The molecule has 1 fully saturated rings. The van der Waals surface area contributed by atoms with E-state index in [1.54, 1.807) is 14.2 Å². The lowest BCUT2D eigenvalue weighted by atomic mass is 9.93. The van der Waals surface area contributed by atoms with E-state index >= 15 is 0 Å². The minimum atomic E-state index is -1.13. The van der Waals surface area contributed by atoms with E-state index in [9.17, 15) is 14.7 Å². The topological polar surface area (TPSA) is 116 Å². The van der Waals surface area contributed by atoms with Crippen molar-refractivity contribution in [2.45, 2.75) is 38.6 Å². The van der Waals surface area contributed by atoms with Crippen molar-refractivity contribution in [2.75, 3.05) is 34.5 Å². The van der Waals surface area contributed by atoms with E-state index in [4.69, 9.17) is 19.0 Å². The maximum atomic E-state index is 12.9. The van der Waals surface area contributed by atoms with Crippen molar-refractivity contribution in [3.05, 3.63) is 47.5 Å². The van der Waals surface area contributed by atoms with Crippen molar-refractivity contribution in [2.24, 2.45) is 11.1 Å². The zero-order chi connectivity index (χ0) is 26.1. The van der Waals surface area contributed by atoms with Gasteiger partial charge in [0.05, 0.1) is 19.8 Å². The van der Waals surface area contributed by atoms with Gasteiger partial charge in [0.15, 0.2) is 0 Å². The molecule has 1 saturated heterocycles. The van der Waals surface area contributed by atoms with Crippen LogP contribution in [0, 0.1) is 5.92 Å². The van der Waals surface area contributed by atoms with Gasteiger partial charge in [-0.3, -0.25) is 4.79 Å². The minimum Gasteiger partial charge on any atom is -0.496 e. The Morgan fingerprint density at radius 1 is 1.06 bits per heavy atom. The third-order valence-corrected chi connectivity index (χ3v) is 6.29. The Hall–Kier alpha value is -3.59. The molecule has 0 spiro atoms. The largest absolute Gasteiger partial charge is 0.496 e. The van der Waals surface area contributed by atoms with Gasteiger partial charge >= 0.3 is 5.97 Å². The summed E-state index contributed by atoms with van der Waals surface area (Å²) in [6.45, 7) is 3.10. The molecule has 0 radical (unpaired) electrons. The predicted molar refractivity (Wildman–Crippen MR) is 136 cm³/mol. The molecule has 194 valence electrons. The van der Waals surface area contributed by atoms with Crippen molar-refractivity contribution in [1.82, 2.24) is 5.32 Å². The molecule has 1 atom stereocenters. The highest BCUT2D eigenvalue weighted by atomic mass is 16.6. The molecule has 0 saturated carbocycles. The number of ether oxygens (including phenoxy) is 3. The lowest BCUT2D eigenvalue weighted by Crippen LogP contribution is -2.47. The normalized spacial score (nSPS) is 15.2. The molecular weight excluding hydrogens is 464 g/mol. The van der Waals surface area contributed by atoms with Crippen molar-refractivity contribution >= 4 is 17.6 Å². The zero-order valence-electron chi connectivity index (χ0n) is 21.2. The van der Waals surface area contributed by atoms with Crippen molar-refractivity contribution in [1.29, 1.82) is 0 Å². The van der Waals surface area contributed by atoms with Crippen LogP contribution in [0.25, 0.3) is 11.1 Å². The molecule has 1 amide bonds. The number of aliphatic carboxylic acids is 1. The molecule has 0 bridgehead atoms. The molecule has 9 heteroatoms. The highest BCUT2D eigenvalue weighted by Crippen LogP contribution is 2.39. The van der Waals surface area contributed by atoms with Crippen LogP contribution in [0.5, 0.6) is 11.5 Å². The average Bonchev–Trinajstić information content (AvgIpc) is 2.91. The first-order chi connectivity index (χ1) is 17.4. The number of hydrogen-bond acceptors (Lipinski definition) is 7. The van der Waals surface area contributed by atoms with Crippen LogP contribution in [0.1, 0.15) is 30.9 Å². The molecular formula is C27H34N2O7. The van der Waals surface area contributed by atoms with E-state index in [1.807, 2.05) is 36.4 Å². The third-order valence-electron chi connectivity index (χ3n) is 6.29. The molecule has 1 aliphatic rings. The van der Waals surface area contributed by atoms with Crippen LogP contribution >= 0.6 is 0 Å². The zero-order valence-corrected chi connectivity index (χ0v) is 21.2. The van der Waals surface area contributed by atoms with E-state index in [-0.39, 0.29) is 18.1 Å². The molecule has 0 aromatic heterocycles. The van der Waals surface area contributed by atoms with Crippen LogP contribution in [-0.2, 0) is 32.0 Å². The van der Waals surface area contributed by atoms with Crippen LogP contribution in [0.3, 0.4) is 0 Å². The fourth-order valence-electron chi connectivity index (χ4n) is 4.30. The maximum absolute atomic E-state index is 12.9. The predicted octanol–water partition coefficient (Wildman–Crippen LogP) is 3.47. The highest BCUT2D eigenvalue weighted by Gasteiger charge is 2.29. The average molecular weight is 499 g/mol. The second-order valence-electron chi connectivity index (χ2n) is 8.54. The summed E-state index contributed by atoms with van der Waals surface area (Å²) in [6, 6.07) is 10.3. The van der Waals surface area contributed by atoms with Gasteiger partial charge in [-0.25, -0.2) is 4.79 Å². The standard InChI is InChI=1S/C27H34N2O7/c1-5-17-15-22(33-2)24(23(16-17)34-3)19-8-6-18(7-9-19)14-21(27(31)32)28-26(30)25(29-35-4)20-10-12-36-13-11-20/h6-9,15-16,20-21H,5,10-14H2,1-4H3,(H,28,30)(H,31,32)/t21-/m0/s1. The molecule has 9 nitrogen and oxygen atoms in total. The Kier molecular flexibility index (Phi) is 9.69. The van der Waals surface area contributed by atoms with E-state index in [0.717, 1.165) is 28.7 Å². The molecule has 2 N–H and O–H groups in total. The quantitative estimate of drug-likeness (QED) is 0.360. The van der Waals surface area contributed by atoms with Crippen LogP contribution in [-0.4, -0.2) is 63.3 Å². The number of carbonyl (C=O) groups is 2. The van der Waals surface area contributed by atoms with Gasteiger partial charge in [0.2, 0.25) is 0 Å². The molecule has 3 rings (SSSR count). The number of benzene rings is 2. The lowest BCUT2D eigenvalue weighted by Gasteiger charge is -2.23. The number of aryl methyl sites for hydroxylation is 1. The first-order valence-corrected chi connectivity index (χ1v) is 12.0. The molecule has 0 unspecified atom stereocenters. The van der Waals surface area contributed by atoms with Crippen LogP contribution in [0.4, 0.5) is 0 Å². The van der Waals surface area contributed by atoms with Crippen LogP contribution < -0.4 is 14.8 Å². The van der Waals surface area contributed by atoms with Gasteiger partial charge in [0, 0.05) is 25.6 Å². The number of rotatable bonds is 11. The van der Waals surface area contributed by atoms with Gasteiger partial charge in [-0.1, -0.05) is 36.3 Å². The van der Waals surface area contributed by atoms with E-state index in [0.29, 0.717) is 37.6 Å². The SMILES string of the molecule is CCc1cc(OC)c(-c2ccc(C[C@H](NC(=O)C(=NOC)C3CCOCC3)C(=O)O)cc2)c(OC)c1. The summed E-state index contributed by atoms with van der Waals surface area (Å²) in [6.07, 6.45) is 2.21. The van der Waals surface area contributed by atoms with Crippen molar-refractivity contribution < 1.29 is 33.7 Å². The number of methoxy groups -OCH3 is 2. The number of carboxylic acids is 1. The second-order valence-corrected chi connectivity index (χ2v) is 8.54. The summed E-state index contributed by atoms with van der Waals surface area (Å²) in [7, 11) is 4.60. The summed E-state index contributed by atoms with van der Waals surface area (Å²) >= 11 is 0. The lowest BCUT2D eigenvalue weighted by molar-refractivity contribution is -0.141. The van der Waals surface area contributed by atoms with Crippen molar-refractivity contribution in [3.63, 3.8) is 0 Å². The first-order valence-electron chi connectivity index (χ1n) is 12.0. The number of oxime groups is 1. The Labute approximate surface area is 211 Å². The minimum absolute atomic E-state index is 0.110. The first kappa shape index (κ1) is 27.0. The van der Waals surface area contributed by atoms with Gasteiger partial charge < -0.3 is 29.5 Å².